The minimum absolute atomic E-state index is 0.0163. The van der Waals surface area contributed by atoms with Crippen LogP contribution in [0.3, 0.4) is 0 Å². The number of anilines is 1. The lowest BCUT2D eigenvalue weighted by Crippen LogP contribution is -2.45. The van der Waals surface area contributed by atoms with Crippen molar-refractivity contribution in [1.29, 1.82) is 5.26 Å². The Morgan fingerprint density at radius 1 is 0.817 bits per heavy atom. The minimum atomic E-state index is -1.87. The summed E-state index contributed by atoms with van der Waals surface area (Å²) in [7, 11) is 1.30. The van der Waals surface area contributed by atoms with Crippen molar-refractivity contribution < 1.29 is 56.4 Å². The molecule has 0 spiro atoms. The highest BCUT2D eigenvalue weighted by atomic mass is 35.5. The van der Waals surface area contributed by atoms with Crippen molar-refractivity contribution in [3.8, 4) is 11.8 Å². The number of nitrogens with one attached hydrogen (secondary N) is 3. The number of carbonyl (C=O) groups excluding carboxylic acids is 5. The minimum Gasteiger partial charge on any atom is -0.495 e. The van der Waals surface area contributed by atoms with Crippen LogP contribution in [0.5, 0.6) is 5.75 Å². The third-order valence-corrected chi connectivity index (χ3v) is 12.2. The first-order valence-corrected chi connectivity index (χ1v) is 23.3. The van der Waals surface area contributed by atoms with E-state index in [-0.39, 0.29) is 70.6 Å². The number of benzene rings is 5. The monoisotopic (exact) mass is 1010 g/mol. The molecular formula is C53H52Cl2F2N4O10. The molecule has 1 fully saturated rings. The summed E-state index contributed by atoms with van der Waals surface area (Å²) in [6.45, 7) is 4.84. The second-order valence-electron chi connectivity index (χ2n) is 17.8. The molecule has 0 aliphatic carbocycles. The molecule has 2 amide bonds. The van der Waals surface area contributed by atoms with Crippen molar-refractivity contribution in [2.75, 3.05) is 25.6 Å². The highest BCUT2D eigenvalue weighted by Gasteiger charge is 2.61. The number of hydrogen-bond donors (Lipinski definition) is 3. The zero-order valence-corrected chi connectivity index (χ0v) is 40.8. The number of alkyl carbamates (subject to hydrolysis) is 1. The van der Waals surface area contributed by atoms with Crippen LogP contribution in [-0.4, -0.2) is 68.4 Å². The number of esters is 3. The number of hydrogen-bond acceptors (Lipinski definition) is 12. The van der Waals surface area contributed by atoms with Crippen LogP contribution >= 0.6 is 23.2 Å². The largest absolute Gasteiger partial charge is 0.495 e. The van der Waals surface area contributed by atoms with E-state index in [0.717, 1.165) is 11.6 Å². The summed E-state index contributed by atoms with van der Waals surface area (Å²) in [6.07, 6.45) is -1.19. The summed E-state index contributed by atoms with van der Waals surface area (Å²) >= 11 is 12.4. The Kier molecular flexibility index (Phi) is 18.1. The maximum Gasteiger partial charge on any atom is 0.407 e. The summed E-state index contributed by atoms with van der Waals surface area (Å²) < 4.78 is 59.0. The molecule has 0 bridgehead atoms. The first-order valence-electron chi connectivity index (χ1n) is 22.5. The molecule has 71 heavy (non-hydrogen) atoms. The average Bonchev–Trinajstić information content (AvgIpc) is 3.66. The second kappa shape index (κ2) is 24.2. The molecule has 5 aromatic carbocycles. The lowest BCUT2D eigenvalue weighted by Gasteiger charge is -2.37. The van der Waals surface area contributed by atoms with Crippen molar-refractivity contribution in [3.63, 3.8) is 0 Å². The van der Waals surface area contributed by atoms with Crippen molar-refractivity contribution in [2.45, 2.75) is 82.7 Å². The molecule has 1 heterocycles. The topological polar surface area (TPSA) is 191 Å². The predicted octanol–water partition coefficient (Wildman–Crippen LogP) is 9.76. The van der Waals surface area contributed by atoms with Gasteiger partial charge in [0.2, 0.25) is 5.91 Å². The molecule has 1 saturated heterocycles. The number of carbonyl (C=O) groups is 5. The van der Waals surface area contributed by atoms with Gasteiger partial charge in [-0.1, -0.05) is 123 Å². The average molecular weight is 1010 g/mol. The van der Waals surface area contributed by atoms with Crippen molar-refractivity contribution >= 4 is 58.8 Å². The summed E-state index contributed by atoms with van der Waals surface area (Å²) in [5.74, 6) is -6.04. The lowest BCUT2D eigenvalue weighted by molar-refractivity contribution is -0.149. The van der Waals surface area contributed by atoms with Crippen LogP contribution in [0.1, 0.15) is 78.6 Å². The quantitative estimate of drug-likeness (QED) is 0.0404. The highest BCUT2D eigenvalue weighted by Crippen LogP contribution is 2.53. The second-order valence-corrected chi connectivity index (χ2v) is 18.7. The third kappa shape index (κ3) is 13.6. The molecular weight excluding hydrogens is 962 g/mol. The zero-order valence-electron chi connectivity index (χ0n) is 39.3. The highest BCUT2D eigenvalue weighted by molar-refractivity contribution is 6.31. The van der Waals surface area contributed by atoms with E-state index in [1.54, 1.807) is 54.6 Å². The van der Waals surface area contributed by atoms with E-state index in [1.165, 1.54) is 55.6 Å². The van der Waals surface area contributed by atoms with Crippen LogP contribution in [0, 0.1) is 28.4 Å². The van der Waals surface area contributed by atoms with Gasteiger partial charge in [0.25, 0.3) is 0 Å². The fourth-order valence-corrected chi connectivity index (χ4v) is 8.72. The standard InChI is InChI=1S/C53H52Cl2F2N4O10/c1-52(2,3)28-43-53(31-58,37-20-19-35(54)27-39(37)56)45(36-16-11-17-38(55)46(36)57)47(61-43)48(63)59-40-21-18-34(26-42(40)67-4)49(64)68-24-25-69-51(66)60-41(50(65)71-30-33-14-9-6-10-15-33)22-23-44(62)70-29-32-12-7-5-8-13-32/h5-21,26-27,41,43,45,47,61H,22-25,28-30H2,1-4H3,(H,59,63)(H,60,66)/t41-,43-,45-,47+,53-/m0/s1. The van der Waals surface area contributed by atoms with E-state index in [1.807, 2.05) is 26.8 Å². The van der Waals surface area contributed by atoms with Gasteiger partial charge in [-0.3, -0.25) is 9.59 Å². The molecule has 3 N–H and O–H groups in total. The van der Waals surface area contributed by atoms with Gasteiger partial charge in [0.05, 0.1) is 35.5 Å². The smallest absolute Gasteiger partial charge is 0.407 e. The predicted molar refractivity (Wildman–Crippen MR) is 260 cm³/mol. The van der Waals surface area contributed by atoms with Crippen LogP contribution in [0.4, 0.5) is 19.3 Å². The Bertz CT molecular complexity index is 2760. The van der Waals surface area contributed by atoms with E-state index >= 15 is 8.78 Å². The van der Waals surface area contributed by atoms with E-state index < -0.39 is 89.6 Å². The van der Waals surface area contributed by atoms with Gasteiger partial charge in [-0.05, 0) is 71.3 Å². The summed E-state index contributed by atoms with van der Waals surface area (Å²) in [6, 6.07) is 28.7. The maximum atomic E-state index is 16.2. The molecule has 14 nitrogen and oxygen atoms in total. The van der Waals surface area contributed by atoms with Gasteiger partial charge in [-0.15, -0.1) is 0 Å². The molecule has 0 saturated carbocycles. The van der Waals surface area contributed by atoms with Gasteiger partial charge in [0.1, 0.15) is 55.3 Å². The van der Waals surface area contributed by atoms with Gasteiger partial charge >= 0.3 is 24.0 Å². The first-order chi connectivity index (χ1) is 33.9. The Hall–Kier alpha value is -7.06. The molecule has 1 aliphatic rings. The molecule has 0 radical (unpaired) electrons. The number of methoxy groups -OCH3 is 1. The number of amides is 2. The molecule has 0 unspecified atom stereocenters. The third-order valence-electron chi connectivity index (χ3n) is 11.7. The van der Waals surface area contributed by atoms with Crippen LogP contribution in [0.25, 0.3) is 0 Å². The lowest BCUT2D eigenvalue weighted by atomic mass is 9.62. The molecule has 18 heteroatoms. The Morgan fingerprint density at radius 3 is 2.11 bits per heavy atom. The van der Waals surface area contributed by atoms with Crippen molar-refractivity contribution in [2.24, 2.45) is 5.41 Å². The molecule has 5 atom stereocenters. The van der Waals surface area contributed by atoms with Crippen molar-refractivity contribution in [3.05, 3.63) is 165 Å². The van der Waals surface area contributed by atoms with Crippen LogP contribution < -0.4 is 20.7 Å². The van der Waals surface area contributed by atoms with Crippen LogP contribution in [-0.2, 0) is 52.0 Å². The van der Waals surface area contributed by atoms with Crippen molar-refractivity contribution in [1.82, 2.24) is 10.6 Å². The molecule has 6 rings (SSSR count). The Balaban J connectivity index is 1.11. The SMILES string of the molecule is COc1cc(C(=O)OCCOC(=O)N[C@@H](CCC(=O)OCc2ccccc2)C(=O)OCc2ccccc2)ccc1NC(=O)[C@@H]1N[C@@H](CC(C)(C)C)[C@](C#N)(c2ccc(Cl)cc2F)[C@H]1c1cccc(Cl)c1F. The van der Waals surface area contributed by atoms with Gasteiger partial charge < -0.3 is 39.6 Å². The van der Waals surface area contributed by atoms with Gasteiger partial charge in [-0.2, -0.15) is 5.26 Å². The van der Waals surface area contributed by atoms with Gasteiger partial charge in [0.15, 0.2) is 0 Å². The molecule has 5 aromatic rings. The van der Waals surface area contributed by atoms with E-state index in [9.17, 15) is 29.2 Å². The number of nitrogens with zero attached hydrogens (tertiary/aromatic N) is 1. The van der Waals surface area contributed by atoms with Crippen LogP contribution in [0.15, 0.2) is 115 Å². The Morgan fingerprint density at radius 2 is 1.48 bits per heavy atom. The number of nitriles is 1. The number of halogens is 4. The van der Waals surface area contributed by atoms with E-state index in [0.29, 0.717) is 5.56 Å². The fourth-order valence-electron chi connectivity index (χ4n) is 8.38. The van der Waals surface area contributed by atoms with Gasteiger partial charge in [-0.25, -0.2) is 23.2 Å². The summed E-state index contributed by atoms with van der Waals surface area (Å²) in [5.41, 5.74) is -0.984. The molecule has 1 aliphatic heterocycles. The van der Waals surface area contributed by atoms with E-state index in [2.05, 4.69) is 22.0 Å². The normalized spacial score (nSPS) is 17.8. The maximum absolute atomic E-state index is 16.2. The van der Waals surface area contributed by atoms with Crippen LogP contribution in [0.2, 0.25) is 10.0 Å². The summed E-state index contributed by atoms with van der Waals surface area (Å²) in [5, 5.41) is 19.4. The van der Waals surface area contributed by atoms with Gasteiger partial charge in [0, 0.05) is 29.0 Å². The molecule has 0 aromatic heterocycles. The molecule has 372 valence electrons. The van der Waals surface area contributed by atoms with E-state index in [4.69, 9.17) is 46.9 Å². The summed E-state index contributed by atoms with van der Waals surface area (Å²) in [4.78, 5) is 66.2. The fraction of sp³-hybridized carbons (Fsp3) is 0.321. The number of rotatable bonds is 19. The zero-order chi connectivity index (χ0) is 51.3. The number of ether oxygens (including phenoxy) is 5. The Labute approximate surface area is 419 Å². The first kappa shape index (κ1) is 53.3.